The monoisotopic (exact) mass is 387 g/mol. The molecule has 1 unspecified atom stereocenters. The standard InChI is InChI=1S/C17H14BrN3O3/c18-14-5-2-13(16(11-14)21(23)24)10-17(22)12-3-6-15(7-4-12)20-9-1-8-19-20/h1-9,11,17,22H,10H2. The summed E-state index contributed by atoms with van der Waals surface area (Å²) >= 11 is 3.23. The molecular formula is C17H14BrN3O3. The van der Waals surface area contributed by atoms with Gasteiger partial charge in [-0.2, -0.15) is 5.10 Å². The van der Waals surface area contributed by atoms with E-state index < -0.39 is 11.0 Å². The lowest BCUT2D eigenvalue weighted by Gasteiger charge is -2.12. The first kappa shape index (κ1) is 16.4. The number of nitrogens with zero attached hydrogens (tertiary/aromatic N) is 3. The fraction of sp³-hybridized carbons (Fsp3) is 0.118. The van der Waals surface area contributed by atoms with Gasteiger partial charge in [-0.3, -0.25) is 10.1 Å². The number of halogens is 1. The van der Waals surface area contributed by atoms with Crippen molar-refractivity contribution in [3.63, 3.8) is 0 Å². The molecule has 1 N–H and O–H groups in total. The molecule has 0 spiro atoms. The molecule has 3 rings (SSSR count). The maximum absolute atomic E-state index is 11.2. The van der Waals surface area contributed by atoms with Gasteiger partial charge in [-0.15, -0.1) is 0 Å². The van der Waals surface area contributed by atoms with E-state index in [1.165, 1.54) is 6.07 Å². The molecule has 122 valence electrons. The minimum Gasteiger partial charge on any atom is -0.388 e. The zero-order valence-corrected chi connectivity index (χ0v) is 14.1. The lowest BCUT2D eigenvalue weighted by molar-refractivity contribution is -0.385. The summed E-state index contributed by atoms with van der Waals surface area (Å²) in [5.74, 6) is 0. The Morgan fingerprint density at radius 1 is 1.25 bits per heavy atom. The van der Waals surface area contributed by atoms with Crippen molar-refractivity contribution in [3.8, 4) is 5.69 Å². The predicted molar refractivity (Wildman–Crippen MR) is 93.0 cm³/mol. The van der Waals surface area contributed by atoms with Crippen LogP contribution >= 0.6 is 15.9 Å². The SMILES string of the molecule is O=[N+]([O-])c1cc(Br)ccc1CC(O)c1ccc(-n2cccn2)cc1. The molecule has 3 aromatic rings. The minimum absolute atomic E-state index is 0.00316. The molecule has 2 aromatic carbocycles. The molecule has 1 aromatic heterocycles. The van der Waals surface area contributed by atoms with Gasteiger partial charge in [0.1, 0.15) is 0 Å². The highest BCUT2D eigenvalue weighted by molar-refractivity contribution is 9.10. The minimum atomic E-state index is -0.823. The summed E-state index contributed by atoms with van der Waals surface area (Å²) in [5.41, 5.74) is 2.07. The third-order valence-electron chi connectivity index (χ3n) is 3.70. The Morgan fingerprint density at radius 2 is 2.00 bits per heavy atom. The third-order valence-corrected chi connectivity index (χ3v) is 4.20. The zero-order chi connectivity index (χ0) is 17.1. The molecule has 1 heterocycles. The Labute approximate surface area is 146 Å². The first-order valence-electron chi connectivity index (χ1n) is 7.25. The molecule has 0 aliphatic rings. The fourth-order valence-electron chi connectivity index (χ4n) is 2.48. The Balaban J connectivity index is 1.80. The number of nitro groups is 1. The van der Waals surface area contributed by atoms with Crippen molar-refractivity contribution in [2.45, 2.75) is 12.5 Å². The Hall–Kier alpha value is -2.51. The Bertz CT molecular complexity index is 848. The molecule has 6 nitrogen and oxygen atoms in total. The van der Waals surface area contributed by atoms with Crippen molar-refractivity contribution in [2.24, 2.45) is 0 Å². The number of hydrogen-bond acceptors (Lipinski definition) is 4. The summed E-state index contributed by atoms with van der Waals surface area (Å²) in [6, 6.07) is 14.0. The van der Waals surface area contributed by atoms with Gasteiger partial charge in [-0.1, -0.05) is 34.1 Å². The Kier molecular flexibility index (Phi) is 4.73. The van der Waals surface area contributed by atoms with Crippen LogP contribution in [-0.4, -0.2) is 19.8 Å². The highest BCUT2D eigenvalue weighted by atomic mass is 79.9. The lowest BCUT2D eigenvalue weighted by atomic mass is 10.00. The number of hydrogen-bond donors (Lipinski definition) is 1. The van der Waals surface area contributed by atoms with E-state index in [1.807, 2.05) is 24.4 Å². The molecular weight excluding hydrogens is 374 g/mol. The van der Waals surface area contributed by atoms with Gasteiger partial charge in [-0.25, -0.2) is 4.68 Å². The third kappa shape index (κ3) is 3.52. The van der Waals surface area contributed by atoms with Crippen LogP contribution in [0.5, 0.6) is 0 Å². The van der Waals surface area contributed by atoms with E-state index >= 15 is 0 Å². The van der Waals surface area contributed by atoms with Gasteiger partial charge in [0, 0.05) is 34.9 Å². The van der Waals surface area contributed by atoms with Crippen molar-refractivity contribution in [2.75, 3.05) is 0 Å². The van der Waals surface area contributed by atoms with Crippen LogP contribution in [0.2, 0.25) is 0 Å². The quantitative estimate of drug-likeness (QED) is 0.532. The largest absolute Gasteiger partial charge is 0.388 e. The number of aromatic nitrogens is 2. The molecule has 0 aliphatic heterocycles. The molecule has 1 atom stereocenters. The molecule has 0 saturated carbocycles. The highest BCUT2D eigenvalue weighted by Crippen LogP contribution is 2.28. The van der Waals surface area contributed by atoms with Gasteiger partial charge < -0.3 is 5.11 Å². The normalized spacial score (nSPS) is 12.1. The predicted octanol–water partition coefficient (Wildman–Crippen LogP) is 3.82. The summed E-state index contributed by atoms with van der Waals surface area (Å²) in [5, 5.41) is 25.7. The maximum atomic E-state index is 11.2. The molecule has 0 bridgehead atoms. The van der Waals surface area contributed by atoms with Crippen LogP contribution in [0.1, 0.15) is 17.2 Å². The molecule has 0 saturated heterocycles. The van der Waals surface area contributed by atoms with E-state index in [2.05, 4.69) is 21.0 Å². The topological polar surface area (TPSA) is 81.2 Å². The van der Waals surface area contributed by atoms with E-state index in [-0.39, 0.29) is 12.1 Å². The van der Waals surface area contributed by atoms with Crippen LogP contribution in [-0.2, 0) is 6.42 Å². The molecule has 0 aliphatic carbocycles. The smallest absolute Gasteiger partial charge is 0.273 e. The maximum Gasteiger partial charge on any atom is 0.273 e. The first-order chi connectivity index (χ1) is 11.5. The van der Waals surface area contributed by atoms with Crippen molar-refractivity contribution < 1.29 is 10.0 Å². The second-order valence-corrected chi connectivity index (χ2v) is 6.21. The van der Waals surface area contributed by atoms with Gasteiger partial charge in [-0.05, 0) is 29.8 Å². The number of aliphatic hydroxyl groups is 1. The van der Waals surface area contributed by atoms with Crippen LogP contribution < -0.4 is 0 Å². The molecule has 0 fully saturated rings. The molecule has 0 radical (unpaired) electrons. The van der Waals surface area contributed by atoms with Crippen LogP contribution in [0, 0.1) is 10.1 Å². The second kappa shape index (κ2) is 6.94. The van der Waals surface area contributed by atoms with Gasteiger partial charge >= 0.3 is 0 Å². The van der Waals surface area contributed by atoms with Gasteiger partial charge in [0.2, 0.25) is 0 Å². The summed E-state index contributed by atoms with van der Waals surface area (Å²) in [7, 11) is 0. The van der Waals surface area contributed by atoms with Gasteiger partial charge in [0.25, 0.3) is 5.69 Å². The molecule has 24 heavy (non-hydrogen) atoms. The van der Waals surface area contributed by atoms with E-state index in [4.69, 9.17) is 0 Å². The van der Waals surface area contributed by atoms with Crippen molar-refractivity contribution in [1.29, 1.82) is 0 Å². The Morgan fingerprint density at radius 3 is 2.62 bits per heavy atom. The van der Waals surface area contributed by atoms with E-state index in [1.54, 1.807) is 35.1 Å². The van der Waals surface area contributed by atoms with Crippen molar-refractivity contribution in [1.82, 2.24) is 9.78 Å². The summed E-state index contributed by atoms with van der Waals surface area (Å²) in [6.45, 7) is 0. The number of nitro benzene ring substituents is 1. The van der Waals surface area contributed by atoms with Crippen molar-refractivity contribution in [3.05, 3.63) is 86.6 Å². The fourth-order valence-corrected chi connectivity index (χ4v) is 2.83. The average molecular weight is 388 g/mol. The van der Waals surface area contributed by atoms with Gasteiger partial charge in [0.15, 0.2) is 0 Å². The summed E-state index contributed by atoms with van der Waals surface area (Å²) in [6.07, 6.45) is 2.87. The first-order valence-corrected chi connectivity index (χ1v) is 8.05. The summed E-state index contributed by atoms with van der Waals surface area (Å²) < 4.78 is 2.35. The van der Waals surface area contributed by atoms with Crippen molar-refractivity contribution >= 4 is 21.6 Å². The van der Waals surface area contributed by atoms with Crippen LogP contribution in [0.25, 0.3) is 5.69 Å². The zero-order valence-electron chi connectivity index (χ0n) is 12.5. The van der Waals surface area contributed by atoms with Crippen LogP contribution in [0.3, 0.4) is 0 Å². The lowest BCUT2D eigenvalue weighted by Crippen LogP contribution is -2.05. The van der Waals surface area contributed by atoms with E-state index in [0.717, 1.165) is 5.69 Å². The average Bonchev–Trinajstić information content (AvgIpc) is 3.11. The van der Waals surface area contributed by atoms with Crippen LogP contribution in [0.4, 0.5) is 5.69 Å². The summed E-state index contributed by atoms with van der Waals surface area (Å²) in [4.78, 5) is 10.7. The highest BCUT2D eigenvalue weighted by Gasteiger charge is 2.18. The van der Waals surface area contributed by atoms with Gasteiger partial charge in [0.05, 0.1) is 16.7 Å². The molecule has 0 amide bonds. The second-order valence-electron chi connectivity index (χ2n) is 5.29. The van der Waals surface area contributed by atoms with Crippen LogP contribution in [0.15, 0.2) is 65.4 Å². The number of benzene rings is 2. The molecule has 7 heteroatoms. The van der Waals surface area contributed by atoms with E-state index in [0.29, 0.717) is 15.6 Å². The van der Waals surface area contributed by atoms with E-state index in [9.17, 15) is 15.2 Å². The number of rotatable bonds is 5. The number of aliphatic hydroxyl groups excluding tert-OH is 1.